The summed E-state index contributed by atoms with van der Waals surface area (Å²) >= 11 is -2.72. The van der Waals surface area contributed by atoms with Crippen LogP contribution >= 0.6 is 0 Å². The molecule has 0 aliphatic heterocycles. The molecule has 0 aliphatic carbocycles. The normalized spacial score (nSPS) is 12.1. The predicted molar refractivity (Wildman–Crippen MR) is 51.5 cm³/mol. The van der Waals surface area contributed by atoms with Gasteiger partial charge >= 0.3 is 92.4 Å². The third-order valence-corrected chi connectivity index (χ3v) is 2.27. The molecule has 0 saturated heterocycles. The van der Waals surface area contributed by atoms with Crippen LogP contribution in [0.4, 0.5) is 0 Å². The van der Waals surface area contributed by atoms with Crippen molar-refractivity contribution < 1.29 is 39.2 Å². The van der Waals surface area contributed by atoms with Crippen LogP contribution in [0.3, 0.4) is 0 Å². The maximum absolute atomic E-state index is 11.3. The van der Waals surface area contributed by atoms with Crippen LogP contribution in [0.15, 0.2) is 0 Å². The molecule has 0 unspecified atom stereocenters. The van der Waals surface area contributed by atoms with Crippen molar-refractivity contribution in [3.63, 3.8) is 0 Å². The quantitative estimate of drug-likeness (QED) is 0.720. The summed E-state index contributed by atoms with van der Waals surface area (Å²) in [6.45, 7) is 13.2. The Morgan fingerprint density at radius 2 is 1.13 bits per heavy atom. The van der Waals surface area contributed by atoms with Gasteiger partial charge in [0.15, 0.2) is 0 Å². The summed E-state index contributed by atoms with van der Waals surface area (Å²) in [4.78, 5) is 0. The molecule has 0 saturated carbocycles. The number of hydrogen-bond acceptors (Lipinski definition) is 3. The van der Waals surface area contributed by atoms with Gasteiger partial charge in [0.2, 0.25) is 0 Å². The second-order valence-electron chi connectivity index (χ2n) is 5.89. The smallest absolute Gasteiger partial charge is 1.00 e. The summed E-state index contributed by atoms with van der Waals surface area (Å²) in [6.07, 6.45) is 0. The van der Waals surface area contributed by atoms with Crippen LogP contribution in [-0.4, -0.2) is 13.2 Å². The van der Waals surface area contributed by atoms with E-state index in [4.69, 9.17) is 7.32 Å². The van der Waals surface area contributed by atoms with Crippen molar-refractivity contribution in [2.75, 3.05) is 13.2 Å². The minimum atomic E-state index is -2.72. The van der Waals surface area contributed by atoms with E-state index in [0.29, 0.717) is 13.2 Å². The molecule has 0 amide bonds. The largest absolute Gasteiger partial charge is 1.00 e. The number of rotatable bonds is 4. The van der Waals surface area contributed by atoms with Crippen LogP contribution in [0.5, 0.6) is 0 Å². The maximum atomic E-state index is 11.3. The number of hydrogen-bond donors (Lipinski definition) is 0. The van der Waals surface area contributed by atoms with Crippen molar-refractivity contribution in [1.82, 2.24) is 0 Å². The molecule has 0 bridgehead atoms. The predicted octanol–water partition coefficient (Wildman–Crippen LogP) is -0.0905. The second kappa shape index (κ2) is 7.02. The molecule has 0 aliphatic rings. The molecule has 0 aromatic heterocycles. The summed E-state index contributed by atoms with van der Waals surface area (Å²) in [6, 6.07) is 0. The van der Waals surface area contributed by atoms with Crippen molar-refractivity contribution >= 4 is 0 Å². The first-order valence-corrected chi connectivity index (χ1v) is 6.54. The van der Waals surface area contributed by atoms with Gasteiger partial charge in [-0.15, -0.1) is 0 Å². The van der Waals surface area contributed by atoms with Crippen LogP contribution in [0.25, 0.3) is 0 Å². The standard InChI is InChI=1S/2C5H11O.ClH.O.V/c2*1-5(2,3)4-6;;;/h2*4H2,1-3H3;1H;;/q2*-1;;;+3/p-1. The molecular weight excluding hydrogens is 255 g/mol. The van der Waals surface area contributed by atoms with Crippen LogP contribution in [0, 0.1) is 10.8 Å². The Hall–Kier alpha value is 0.594. The van der Waals surface area contributed by atoms with Crippen molar-refractivity contribution in [2.24, 2.45) is 10.8 Å². The molecule has 0 spiro atoms. The minimum absolute atomic E-state index is 0. The third-order valence-electron chi connectivity index (χ3n) is 1.21. The molecule has 5 heteroatoms. The Morgan fingerprint density at radius 1 is 0.867 bits per heavy atom. The molecule has 15 heavy (non-hydrogen) atoms. The fourth-order valence-corrected chi connectivity index (χ4v) is 2.19. The molecule has 92 valence electrons. The molecule has 0 aromatic carbocycles. The summed E-state index contributed by atoms with van der Waals surface area (Å²) in [5, 5.41) is 0. The average Bonchev–Trinajstić information content (AvgIpc) is 1.94. The number of halogens is 1. The molecule has 0 fully saturated rings. The second-order valence-corrected chi connectivity index (χ2v) is 7.40. The first-order chi connectivity index (χ1) is 6.10. The van der Waals surface area contributed by atoms with Gasteiger partial charge in [-0.2, -0.15) is 0 Å². The van der Waals surface area contributed by atoms with Gasteiger partial charge in [0.05, 0.1) is 0 Å². The molecule has 0 atom stereocenters. The van der Waals surface area contributed by atoms with Gasteiger partial charge in [-0.1, -0.05) is 0 Å². The van der Waals surface area contributed by atoms with Crippen molar-refractivity contribution in [2.45, 2.75) is 41.5 Å². The fourth-order valence-electron chi connectivity index (χ4n) is 0.530. The van der Waals surface area contributed by atoms with Gasteiger partial charge in [0.1, 0.15) is 0 Å². The topological polar surface area (TPSA) is 35.5 Å². The molecule has 0 heterocycles. The van der Waals surface area contributed by atoms with Crippen LogP contribution in [-0.2, 0) is 26.8 Å². The Kier molecular flexibility index (Phi) is 8.42. The Bertz CT molecular complexity index is 174. The van der Waals surface area contributed by atoms with E-state index < -0.39 is 15.8 Å². The summed E-state index contributed by atoms with van der Waals surface area (Å²) in [5.74, 6) is 0. The molecule has 0 radical (unpaired) electrons. The minimum Gasteiger partial charge on any atom is -1.00 e. The van der Waals surface area contributed by atoms with Crippen LogP contribution < -0.4 is 12.4 Å². The molecule has 3 nitrogen and oxygen atoms in total. The van der Waals surface area contributed by atoms with E-state index in [1.165, 1.54) is 0 Å². The Morgan fingerprint density at radius 3 is 1.33 bits per heavy atom. The molecule has 0 aromatic rings. The zero-order chi connectivity index (χ0) is 11.4. The van der Waals surface area contributed by atoms with Gasteiger partial charge in [-0.25, -0.2) is 0 Å². The SMILES string of the molecule is CC(C)(C)C[O][V+](=[O])[O]CC(C)(C)C.[Cl-]. The van der Waals surface area contributed by atoms with Gasteiger partial charge in [0, 0.05) is 0 Å². The third kappa shape index (κ3) is 14.6. The van der Waals surface area contributed by atoms with E-state index in [0.717, 1.165) is 0 Å². The molecular formula is C10H22ClO3V. The van der Waals surface area contributed by atoms with E-state index >= 15 is 0 Å². The summed E-state index contributed by atoms with van der Waals surface area (Å²) in [7, 11) is 0. The van der Waals surface area contributed by atoms with Crippen LogP contribution in [0.1, 0.15) is 41.5 Å². The fraction of sp³-hybridized carbons (Fsp3) is 1.00. The zero-order valence-corrected chi connectivity index (χ0v) is 12.6. The van der Waals surface area contributed by atoms with Gasteiger partial charge in [-0.05, 0) is 0 Å². The summed E-state index contributed by atoms with van der Waals surface area (Å²) < 4.78 is 21.7. The Balaban J connectivity index is 0. The van der Waals surface area contributed by atoms with Gasteiger partial charge in [-0.3, -0.25) is 0 Å². The maximum Gasteiger partial charge on any atom is -1.00 e. The van der Waals surface area contributed by atoms with E-state index in [-0.39, 0.29) is 23.2 Å². The average molecular weight is 277 g/mol. The van der Waals surface area contributed by atoms with Crippen molar-refractivity contribution in [3.05, 3.63) is 0 Å². The Labute approximate surface area is 105 Å². The van der Waals surface area contributed by atoms with Gasteiger partial charge in [0.25, 0.3) is 0 Å². The molecule has 0 rings (SSSR count). The van der Waals surface area contributed by atoms with Gasteiger partial charge < -0.3 is 12.4 Å². The van der Waals surface area contributed by atoms with E-state index in [2.05, 4.69) is 0 Å². The first kappa shape index (κ1) is 18.0. The van der Waals surface area contributed by atoms with Crippen molar-refractivity contribution in [3.8, 4) is 0 Å². The van der Waals surface area contributed by atoms with Crippen molar-refractivity contribution in [1.29, 1.82) is 0 Å². The van der Waals surface area contributed by atoms with E-state index in [1.54, 1.807) is 0 Å². The first-order valence-electron chi connectivity index (χ1n) is 4.83. The molecule has 0 N–H and O–H groups in total. The van der Waals surface area contributed by atoms with Crippen LogP contribution in [0.2, 0.25) is 0 Å². The monoisotopic (exact) mass is 276 g/mol. The van der Waals surface area contributed by atoms with E-state index in [9.17, 15) is 3.67 Å². The zero-order valence-electron chi connectivity index (χ0n) is 10.5. The summed E-state index contributed by atoms with van der Waals surface area (Å²) in [5.41, 5.74) is 0.0883. The van der Waals surface area contributed by atoms with E-state index in [1.807, 2.05) is 41.5 Å².